The van der Waals surface area contributed by atoms with Crippen molar-refractivity contribution < 1.29 is 14.0 Å². The minimum atomic E-state index is -0.762. The van der Waals surface area contributed by atoms with E-state index in [2.05, 4.69) is 5.32 Å². The summed E-state index contributed by atoms with van der Waals surface area (Å²) in [6.07, 6.45) is 0.356. The second-order valence-corrected chi connectivity index (χ2v) is 8.22. The van der Waals surface area contributed by atoms with Gasteiger partial charge in [0.1, 0.15) is 11.9 Å². The standard InChI is InChI=1S/C25H23Cl2FN2O2/c1-29-25(32)23(13-17-5-3-2-4-6-17)30(16-19-9-10-20(26)15-22(19)27)24(31)14-18-7-11-21(28)12-8-18/h2-12,15,23H,13-14,16H2,1H3,(H,29,32). The molecule has 32 heavy (non-hydrogen) atoms. The molecular formula is C25H23Cl2FN2O2. The lowest BCUT2D eigenvalue weighted by atomic mass is 10.0. The van der Waals surface area contributed by atoms with Gasteiger partial charge in [-0.15, -0.1) is 0 Å². The molecule has 2 amide bonds. The van der Waals surface area contributed by atoms with Gasteiger partial charge in [0, 0.05) is 30.1 Å². The first-order chi connectivity index (χ1) is 15.4. The first-order valence-electron chi connectivity index (χ1n) is 10.1. The van der Waals surface area contributed by atoms with Crippen LogP contribution in [0.25, 0.3) is 0 Å². The van der Waals surface area contributed by atoms with E-state index in [0.717, 1.165) is 5.56 Å². The summed E-state index contributed by atoms with van der Waals surface area (Å²) < 4.78 is 13.3. The predicted molar refractivity (Wildman–Crippen MR) is 125 cm³/mol. The predicted octanol–water partition coefficient (Wildman–Crippen LogP) is 5.06. The van der Waals surface area contributed by atoms with Crippen molar-refractivity contribution in [1.29, 1.82) is 0 Å². The Balaban J connectivity index is 1.96. The number of hydrogen-bond donors (Lipinski definition) is 1. The van der Waals surface area contributed by atoms with Crippen molar-refractivity contribution in [3.05, 3.63) is 105 Å². The molecule has 1 unspecified atom stereocenters. The number of nitrogens with zero attached hydrogens (tertiary/aromatic N) is 1. The fourth-order valence-electron chi connectivity index (χ4n) is 3.43. The zero-order valence-corrected chi connectivity index (χ0v) is 19.0. The SMILES string of the molecule is CNC(=O)C(Cc1ccccc1)N(Cc1ccc(Cl)cc1Cl)C(=O)Cc1ccc(F)cc1. The number of hydrogen-bond acceptors (Lipinski definition) is 2. The van der Waals surface area contributed by atoms with Crippen LogP contribution < -0.4 is 5.32 Å². The molecule has 0 bridgehead atoms. The third-order valence-corrected chi connectivity index (χ3v) is 5.73. The van der Waals surface area contributed by atoms with E-state index in [4.69, 9.17) is 23.2 Å². The Kier molecular flexibility index (Phi) is 8.26. The van der Waals surface area contributed by atoms with E-state index in [1.165, 1.54) is 24.1 Å². The quantitative estimate of drug-likeness (QED) is 0.497. The number of carbonyl (C=O) groups excluding carboxylic acids is 2. The molecule has 166 valence electrons. The lowest BCUT2D eigenvalue weighted by molar-refractivity contribution is -0.140. The van der Waals surface area contributed by atoms with Crippen molar-refractivity contribution in [3.63, 3.8) is 0 Å². The van der Waals surface area contributed by atoms with E-state index >= 15 is 0 Å². The Morgan fingerprint density at radius 1 is 0.969 bits per heavy atom. The maximum atomic E-state index is 13.4. The summed E-state index contributed by atoms with van der Waals surface area (Å²) in [6.45, 7) is 0.126. The van der Waals surface area contributed by atoms with Crippen LogP contribution in [0.4, 0.5) is 4.39 Å². The van der Waals surface area contributed by atoms with Gasteiger partial charge in [0.15, 0.2) is 0 Å². The third kappa shape index (κ3) is 6.31. The van der Waals surface area contributed by atoms with Crippen LogP contribution >= 0.6 is 23.2 Å². The number of likely N-dealkylation sites (N-methyl/N-ethyl adjacent to an activating group) is 1. The van der Waals surface area contributed by atoms with Gasteiger partial charge in [-0.25, -0.2) is 4.39 Å². The normalized spacial score (nSPS) is 11.6. The van der Waals surface area contributed by atoms with Gasteiger partial charge in [-0.05, 0) is 41.0 Å². The molecule has 4 nitrogen and oxygen atoms in total. The van der Waals surface area contributed by atoms with Crippen LogP contribution in [0.5, 0.6) is 0 Å². The summed E-state index contributed by atoms with van der Waals surface area (Å²) in [4.78, 5) is 27.8. The zero-order valence-electron chi connectivity index (χ0n) is 17.5. The van der Waals surface area contributed by atoms with E-state index in [1.54, 1.807) is 30.3 Å². The molecule has 0 aromatic heterocycles. The molecule has 0 aliphatic carbocycles. The van der Waals surface area contributed by atoms with E-state index in [0.29, 0.717) is 27.6 Å². The maximum Gasteiger partial charge on any atom is 0.242 e. The Labute approximate surface area is 197 Å². The fourth-order valence-corrected chi connectivity index (χ4v) is 3.90. The Hall–Kier alpha value is -2.89. The summed E-state index contributed by atoms with van der Waals surface area (Å²) in [5.41, 5.74) is 2.24. The van der Waals surface area contributed by atoms with Crippen LogP contribution in [0, 0.1) is 5.82 Å². The van der Waals surface area contributed by atoms with Crippen molar-refractivity contribution in [1.82, 2.24) is 10.2 Å². The molecule has 1 N–H and O–H groups in total. The summed E-state index contributed by atoms with van der Waals surface area (Å²) in [6, 6.07) is 19.5. The van der Waals surface area contributed by atoms with Crippen molar-refractivity contribution in [2.75, 3.05) is 7.05 Å². The van der Waals surface area contributed by atoms with Crippen molar-refractivity contribution in [2.24, 2.45) is 0 Å². The molecule has 0 radical (unpaired) electrons. The minimum Gasteiger partial charge on any atom is -0.357 e. The molecule has 3 rings (SSSR count). The van der Waals surface area contributed by atoms with Crippen LogP contribution in [-0.4, -0.2) is 29.8 Å². The molecule has 3 aromatic carbocycles. The van der Waals surface area contributed by atoms with E-state index < -0.39 is 6.04 Å². The lowest BCUT2D eigenvalue weighted by Crippen LogP contribution is -2.50. The molecule has 0 fully saturated rings. The third-order valence-electron chi connectivity index (χ3n) is 5.14. The fraction of sp³-hybridized carbons (Fsp3) is 0.200. The number of rotatable bonds is 8. The summed E-state index contributed by atoms with van der Waals surface area (Å²) in [7, 11) is 1.54. The summed E-state index contributed by atoms with van der Waals surface area (Å²) >= 11 is 12.4. The molecule has 0 aliphatic rings. The van der Waals surface area contributed by atoms with Gasteiger partial charge in [0.2, 0.25) is 11.8 Å². The molecule has 0 saturated heterocycles. The number of amides is 2. The molecule has 0 spiro atoms. The minimum absolute atomic E-state index is 0.0216. The van der Waals surface area contributed by atoms with Gasteiger partial charge in [-0.3, -0.25) is 9.59 Å². The highest BCUT2D eigenvalue weighted by Crippen LogP contribution is 2.24. The maximum absolute atomic E-state index is 13.4. The van der Waals surface area contributed by atoms with Gasteiger partial charge in [-0.1, -0.05) is 71.7 Å². The van der Waals surface area contributed by atoms with E-state index in [9.17, 15) is 14.0 Å². The molecule has 1 atom stereocenters. The van der Waals surface area contributed by atoms with Crippen LogP contribution in [0.2, 0.25) is 10.0 Å². The highest BCUT2D eigenvalue weighted by Gasteiger charge is 2.30. The van der Waals surface area contributed by atoms with Gasteiger partial charge >= 0.3 is 0 Å². The summed E-state index contributed by atoms with van der Waals surface area (Å²) in [5, 5.41) is 3.56. The number of nitrogens with one attached hydrogen (secondary N) is 1. The van der Waals surface area contributed by atoms with E-state index in [1.807, 2.05) is 30.3 Å². The van der Waals surface area contributed by atoms with Gasteiger partial charge in [0.25, 0.3) is 0 Å². The first-order valence-corrected chi connectivity index (χ1v) is 10.9. The highest BCUT2D eigenvalue weighted by atomic mass is 35.5. The second kappa shape index (κ2) is 11.1. The molecule has 0 saturated carbocycles. The van der Waals surface area contributed by atoms with Crippen LogP contribution in [0.1, 0.15) is 16.7 Å². The Bertz CT molecular complexity index is 1080. The van der Waals surface area contributed by atoms with Crippen molar-refractivity contribution in [3.8, 4) is 0 Å². The summed E-state index contributed by atoms with van der Waals surface area (Å²) in [5.74, 6) is -0.933. The monoisotopic (exact) mass is 472 g/mol. The van der Waals surface area contributed by atoms with Gasteiger partial charge in [0.05, 0.1) is 6.42 Å². The average Bonchev–Trinajstić information content (AvgIpc) is 2.79. The zero-order chi connectivity index (χ0) is 23.1. The smallest absolute Gasteiger partial charge is 0.242 e. The molecule has 0 aliphatic heterocycles. The highest BCUT2D eigenvalue weighted by molar-refractivity contribution is 6.35. The molecular weight excluding hydrogens is 450 g/mol. The first kappa shape index (κ1) is 23.8. The Morgan fingerprint density at radius 3 is 2.28 bits per heavy atom. The number of halogens is 3. The number of benzene rings is 3. The van der Waals surface area contributed by atoms with Crippen LogP contribution in [0.3, 0.4) is 0 Å². The van der Waals surface area contributed by atoms with E-state index in [-0.39, 0.29) is 30.6 Å². The molecule has 3 aromatic rings. The molecule has 7 heteroatoms. The van der Waals surface area contributed by atoms with Gasteiger partial charge < -0.3 is 10.2 Å². The second-order valence-electron chi connectivity index (χ2n) is 7.38. The largest absolute Gasteiger partial charge is 0.357 e. The van der Waals surface area contributed by atoms with Gasteiger partial charge in [-0.2, -0.15) is 0 Å². The van der Waals surface area contributed by atoms with Crippen LogP contribution in [-0.2, 0) is 29.0 Å². The van der Waals surface area contributed by atoms with Crippen LogP contribution in [0.15, 0.2) is 72.8 Å². The number of carbonyl (C=O) groups is 2. The van der Waals surface area contributed by atoms with Crippen molar-refractivity contribution in [2.45, 2.75) is 25.4 Å². The van der Waals surface area contributed by atoms with Crippen molar-refractivity contribution >= 4 is 35.0 Å². The topological polar surface area (TPSA) is 49.4 Å². The Morgan fingerprint density at radius 2 is 1.66 bits per heavy atom. The average molecular weight is 473 g/mol. The molecule has 0 heterocycles. The lowest BCUT2D eigenvalue weighted by Gasteiger charge is -2.31.